The molecule has 0 N–H and O–H groups in total. The Bertz CT molecular complexity index is 874. The molecular weight excluding hydrogens is 288 g/mol. The molecule has 1 fully saturated rings. The van der Waals surface area contributed by atoms with Crippen molar-refractivity contribution in [3.05, 3.63) is 70.4 Å². The largest absolute Gasteiger partial charge is 0.476 e. The van der Waals surface area contributed by atoms with Crippen LogP contribution in [-0.2, 0) is 5.60 Å². The Kier molecular flexibility index (Phi) is 2.53. The van der Waals surface area contributed by atoms with E-state index in [9.17, 15) is 0 Å². The third-order valence-corrected chi connectivity index (χ3v) is 5.78. The summed E-state index contributed by atoms with van der Waals surface area (Å²) in [5, 5.41) is 4.60. The van der Waals surface area contributed by atoms with Gasteiger partial charge in [0.05, 0.1) is 4.88 Å². The Morgan fingerprint density at radius 3 is 2.73 bits per heavy atom. The van der Waals surface area contributed by atoms with Gasteiger partial charge in [-0.1, -0.05) is 48.5 Å². The van der Waals surface area contributed by atoms with Gasteiger partial charge in [0.25, 0.3) is 0 Å². The molecule has 0 amide bonds. The summed E-state index contributed by atoms with van der Waals surface area (Å²) >= 11 is 1.80. The quantitative estimate of drug-likeness (QED) is 0.597. The fraction of sp³-hybridized carbons (Fsp3) is 0.200. The maximum absolute atomic E-state index is 6.72. The molecule has 2 aliphatic rings. The first-order valence-corrected chi connectivity index (χ1v) is 8.69. The summed E-state index contributed by atoms with van der Waals surface area (Å²) in [6.07, 6.45) is 7.04. The zero-order valence-electron chi connectivity index (χ0n) is 12.2. The number of benzene rings is 2. The van der Waals surface area contributed by atoms with Crippen LogP contribution in [0.2, 0.25) is 0 Å². The lowest BCUT2D eigenvalue weighted by molar-refractivity contribution is 0.0975. The van der Waals surface area contributed by atoms with Crippen molar-refractivity contribution < 1.29 is 4.74 Å². The average molecular weight is 304 g/mol. The van der Waals surface area contributed by atoms with Gasteiger partial charge in [0.1, 0.15) is 5.75 Å². The Hall–Kier alpha value is -2.06. The standard InChI is InChI=1S/C20H16OS/c1-2-5-17-14(4-1)7-8-15-11-12-20(16-9-10-16,21-19(15)17)18-6-3-13-22-18/h1-8,11-13,16H,9-10H2. The fourth-order valence-electron chi connectivity index (χ4n) is 3.49. The molecule has 0 radical (unpaired) electrons. The molecule has 3 aromatic rings. The molecule has 2 heterocycles. The van der Waals surface area contributed by atoms with E-state index in [0.29, 0.717) is 5.92 Å². The van der Waals surface area contributed by atoms with Crippen LogP contribution in [-0.4, -0.2) is 0 Å². The molecule has 1 saturated carbocycles. The van der Waals surface area contributed by atoms with Crippen molar-refractivity contribution in [2.75, 3.05) is 0 Å². The lowest BCUT2D eigenvalue weighted by Gasteiger charge is -2.35. The van der Waals surface area contributed by atoms with Crippen LogP contribution in [0.5, 0.6) is 5.75 Å². The first kappa shape index (κ1) is 12.5. The fourth-order valence-corrected chi connectivity index (χ4v) is 4.41. The summed E-state index contributed by atoms with van der Waals surface area (Å²) in [4.78, 5) is 1.32. The molecule has 0 spiro atoms. The van der Waals surface area contributed by atoms with Gasteiger partial charge in [-0.05, 0) is 35.8 Å². The maximum atomic E-state index is 6.72. The third-order valence-electron chi connectivity index (χ3n) is 4.78. The Morgan fingerprint density at radius 1 is 1.00 bits per heavy atom. The molecule has 1 unspecified atom stereocenters. The van der Waals surface area contributed by atoms with Crippen LogP contribution in [0.25, 0.3) is 16.8 Å². The summed E-state index contributed by atoms with van der Waals surface area (Å²) in [6.45, 7) is 0. The predicted octanol–water partition coefficient (Wildman–Crippen LogP) is 5.61. The lowest BCUT2D eigenvalue weighted by atomic mass is 9.90. The van der Waals surface area contributed by atoms with Gasteiger partial charge in [0, 0.05) is 16.9 Å². The number of hydrogen-bond acceptors (Lipinski definition) is 2. The van der Waals surface area contributed by atoms with Crippen LogP contribution in [0, 0.1) is 5.92 Å². The van der Waals surface area contributed by atoms with Crippen LogP contribution < -0.4 is 4.74 Å². The summed E-state index contributed by atoms with van der Waals surface area (Å²) in [5.74, 6) is 1.65. The zero-order chi connectivity index (χ0) is 14.6. The van der Waals surface area contributed by atoms with Crippen LogP contribution in [0.3, 0.4) is 0 Å². The minimum Gasteiger partial charge on any atom is -0.476 e. The van der Waals surface area contributed by atoms with E-state index in [1.54, 1.807) is 11.3 Å². The molecule has 1 aliphatic carbocycles. The van der Waals surface area contributed by atoms with Crippen molar-refractivity contribution in [1.82, 2.24) is 0 Å². The van der Waals surface area contributed by atoms with Crippen molar-refractivity contribution >= 4 is 28.2 Å². The summed E-state index contributed by atoms with van der Waals surface area (Å²) in [6, 6.07) is 17.2. The van der Waals surface area contributed by atoms with Crippen molar-refractivity contribution in [1.29, 1.82) is 0 Å². The minimum absolute atomic E-state index is 0.259. The SMILES string of the molecule is C1=CC(c2cccs2)(C2CC2)Oc2c1ccc1ccccc21. The van der Waals surface area contributed by atoms with E-state index in [2.05, 4.69) is 66.1 Å². The first-order valence-electron chi connectivity index (χ1n) is 7.81. The van der Waals surface area contributed by atoms with Gasteiger partial charge < -0.3 is 4.74 Å². The van der Waals surface area contributed by atoms with Crippen LogP contribution in [0.4, 0.5) is 0 Å². The van der Waals surface area contributed by atoms with Gasteiger partial charge in [-0.3, -0.25) is 0 Å². The molecule has 2 heteroatoms. The van der Waals surface area contributed by atoms with E-state index in [-0.39, 0.29) is 5.60 Å². The zero-order valence-corrected chi connectivity index (χ0v) is 13.0. The summed E-state index contributed by atoms with van der Waals surface area (Å²) in [5.41, 5.74) is 0.928. The molecule has 108 valence electrons. The topological polar surface area (TPSA) is 9.23 Å². The molecular formula is C20H16OS. The van der Waals surface area contributed by atoms with Crippen LogP contribution in [0.15, 0.2) is 60.0 Å². The molecule has 2 aromatic carbocycles. The van der Waals surface area contributed by atoms with E-state index in [0.717, 1.165) is 5.75 Å². The number of ether oxygens (including phenoxy) is 1. The molecule has 1 atom stereocenters. The van der Waals surface area contributed by atoms with Crippen molar-refractivity contribution in [3.63, 3.8) is 0 Å². The van der Waals surface area contributed by atoms with Gasteiger partial charge in [-0.15, -0.1) is 11.3 Å². The van der Waals surface area contributed by atoms with Gasteiger partial charge >= 0.3 is 0 Å². The minimum atomic E-state index is -0.259. The maximum Gasteiger partial charge on any atom is 0.164 e. The van der Waals surface area contributed by atoms with Gasteiger partial charge in [-0.2, -0.15) is 0 Å². The first-order chi connectivity index (χ1) is 10.9. The molecule has 0 saturated heterocycles. The highest BCUT2D eigenvalue weighted by molar-refractivity contribution is 7.10. The third kappa shape index (κ3) is 1.71. The van der Waals surface area contributed by atoms with Gasteiger partial charge in [0.15, 0.2) is 5.60 Å². The second-order valence-corrected chi connectivity index (χ2v) is 7.13. The monoisotopic (exact) mass is 304 g/mol. The van der Waals surface area contributed by atoms with E-state index < -0.39 is 0 Å². The van der Waals surface area contributed by atoms with Crippen molar-refractivity contribution in [2.45, 2.75) is 18.4 Å². The van der Waals surface area contributed by atoms with E-state index in [1.807, 2.05) is 0 Å². The highest BCUT2D eigenvalue weighted by atomic mass is 32.1. The normalized spacial score (nSPS) is 23.3. The Labute approximate surface area is 133 Å². The molecule has 1 aliphatic heterocycles. The van der Waals surface area contributed by atoms with Crippen molar-refractivity contribution in [3.8, 4) is 5.75 Å². The molecule has 0 bridgehead atoms. The van der Waals surface area contributed by atoms with Crippen LogP contribution in [0.1, 0.15) is 23.3 Å². The lowest BCUT2D eigenvalue weighted by Crippen LogP contribution is -2.34. The average Bonchev–Trinajstić information content (AvgIpc) is 3.29. The molecule has 5 rings (SSSR count). The summed E-state index contributed by atoms with van der Waals surface area (Å²) < 4.78 is 6.72. The van der Waals surface area contributed by atoms with Crippen LogP contribution >= 0.6 is 11.3 Å². The summed E-state index contributed by atoms with van der Waals surface area (Å²) in [7, 11) is 0. The Morgan fingerprint density at radius 2 is 1.91 bits per heavy atom. The van der Waals surface area contributed by atoms with E-state index in [1.165, 1.54) is 34.1 Å². The van der Waals surface area contributed by atoms with Crippen molar-refractivity contribution in [2.24, 2.45) is 5.92 Å². The van der Waals surface area contributed by atoms with E-state index in [4.69, 9.17) is 4.74 Å². The molecule has 22 heavy (non-hydrogen) atoms. The second-order valence-electron chi connectivity index (χ2n) is 6.19. The van der Waals surface area contributed by atoms with E-state index >= 15 is 0 Å². The highest BCUT2D eigenvalue weighted by Gasteiger charge is 2.49. The predicted molar refractivity (Wildman–Crippen MR) is 92.3 cm³/mol. The number of thiophene rings is 1. The number of hydrogen-bond donors (Lipinski definition) is 0. The smallest absolute Gasteiger partial charge is 0.164 e. The number of rotatable bonds is 2. The van der Waals surface area contributed by atoms with Gasteiger partial charge in [-0.25, -0.2) is 0 Å². The highest BCUT2D eigenvalue weighted by Crippen LogP contribution is 2.54. The number of fused-ring (bicyclic) bond motifs is 3. The molecule has 1 nitrogen and oxygen atoms in total. The molecule has 1 aromatic heterocycles. The Balaban J connectivity index is 1.74. The second kappa shape index (κ2) is 4.47. The van der Waals surface area contributed by atoms with Gasteiger partial charge in [0.2, 0.25) is 0 Å².